The summed E-state index contributed by atoms with van der Waals surface area (Å²) in [5, 5.41) is 2.36. The molecule has 3 aliphatic rings. The summed E-state index contributed by atoms with van der Waals surface area (Å²) in [5.74, 6) is -0.753. The first-order chi connectivity index (χ1) is 18.4. The lowest BCUT2D eigenvalue weighted by Gasteiger charge is -2.34. The number of nitrogens with zero attached hydrogens (tertiary/aromatic N) is 1. The third-order valence-corrected chi connectivity index (χ3v) is 9.25. The molecule has 1 N–H and O–H groups in total. The number of carbonyl (C=O) groups is 2. The van der Waals surface area contributed by atoms with Crippen LogP contribution >= 0.6 is 0 Å². The maximum atomic E-state index is 15.1. The third-order valence-electron chi connectivity index (χ3n) is 9.25. The van der Waals surface area contributed by atoms with E-state index in [2.05, 4.69) is 63.0 Å². The molecule has 208 valence electrons. The monoisotopic (exact) mass is 534 g/mol. The van der Waals surface area contributed by atoms with Crippen molar-refractivity contribution in [2.24, 2.45) is 5.92 Å². The number of aryl methyl sites for hydroxylation is 2. The minimum Gasteiger partial charge on any atom is -0.399 e. The Morgan fingerprint density at radius 2 is 1.69 bits per heavy atom. The van der Waals surface area contributed by atoms with E-state index in [1.54, 1.807) is 6.07 Å². The van der Waals surface area contributed by atoms with E-state index in [0.717, 1.165) is 44.2 Å². The zero-order valence-electron chi connectivity index (χ0n) is 23.8. The number of hydrogen-bond acceptors (Lipinski definition) is 5. The second-order valence-corrected chi connectivity index (χ2v) is 12.5. The predicted molar refractivity (Wildman–Crippen MR) is 152 cm³/mol. The van der Waals surface area contributed by atoms with Crippen LogP contribution in [0.15, 0.2) is 36.4 Å². The van der Waals surface area contributed by atoms with Crippen molar-refractivity contribution in [3.05, 3.63) is 58.9 Å². The van der Waals surface area contributed by atoms with Crippen molar-refractivity contribution in [2.75, 3.05) is 18.0 Å². The molecule has 2 amide bonds. The van der Waals surface area contributed by atoms with Gasteiger partial charge in [-0.15, -0.1) is 0 Å². The number of carbonyl (C=O) groups excluding carboxylic acids is 2. The highest BCUT2D eigenvalue weighted by Crippen LogP contribution is 2.37. The molecule has 5 rings (SSSR count). The van der Waals surface area contributed by atoms with E-state index in [4.69, 9.17) is 9.31 Å². The van der Waals surface area contributed by atoms with Gasteiger partial charge in [0.25, 0.3) is 0 Å². The molecule has 2 aromatic rings. The minimum atomic E-state index is -0.466. The van der Waals surface area contributed by atoms with Gasteiger partial charge in [-0.25, -0.2) is 4.39 Å². The van der Waals surface area contributed by atoms with Crippen LogP contribution in [0.5, 0.6) is 0 Å². The molecule has 8 heteroatoms. The first-order valence-electron chi connectivity index (χ1n) is 14.3. The quantitative estimate of drug-likeness (QED) is 0.426. The molecule has 2 aromatic carbocycles. The van der Waals surface area contributed by atoms with Crippen LogP contribution in [0.2, 0.25) is 0 Å². The Hall–Kier alpha value is -2.71. The summed E-state index contributed by atoms with van der Waals surface area (Å²) in [4.78, 5) is 25.7. The molecule has 0 aliphatic carbocycles. The molecule has 0 radical (unpaired) electrons. The van der Waals surface area contributed by atoms with E-state index in [0.29, 0.717) is 23.6 Å². The Morgan fingerprint density at radius 1 is 1.00 bits per heavy atom. The molecule has 0 spiro atoms. The van der Waals surface area contributed by atoms with Gasteiger partial charge in [-0.1, -0.05) is 29.8 Å². The fourth-order valence-electron chi connectivity index (χ4n) is 5.97. The summed E-state index contributed by atoms with van der Waals surface area (Å²) in [5.41, 5.74) is 4.14. The minimum absolute atomic E-state index is 0.259. The average molecular weight is 534 g/mol. The standard InChI is InChI=1S/C31H40BFN2O4/c1-20-18-22(8-11-25(20)32-38-30(2,3)31(4,5)39-32)7-6-21-14-16-35(17-15-21)27-12-9-23(19-26(27)33)24-10-13-28(36)34-29(24)37/h8-9,11-12,18-19,21,24H,6-7,10,13-17H2,1-5H3,(H,34,36,37). The number of piperidine rings is 2. The van der Waals surface area contributed by atoms with Crippen molar-refractivity contribution < 1.29 is 23.3 Å². The number of rotatable bonds is 6. The smallest absolute Gasteiger partial charge is 0.399 e. The summed E-state index contributed by atoms with van der Waals surface area (Å²) in [7, 11) is -0.341. The van der Waals surface area contributed by atoms with E-state index in [1.165, 1.54) is 17.2 Å². The van der Waals surface area contributed by atoms with Crippen LogP contribution < -0.4 is 15.7 Å². The molecule has 3 saturated heterocycles. The van der Waals surface area contributed by atoms with Gasteiger partial charge in [0.05, 0.1) is 22.8 Å². The van der Waals surface area contributed by atoms with Crippen molar-refractivity contribution in [1.82, 2.24) is 5.32 Å². The highest BCUT2D eigenvalue weighted by Gasteiger charge is 2.52. The van der Waals surface area contributed by atoms with E-state index >= 15 is 4.39 Å². The molecule has 0 bridgehead atoms. The molecule has 0 saturated carbocycles. The fraction of sp³-hybridized carbons (Fsp3) is 0.548. The van der Waals surface area contributed by atoms with Crippen LogP contribution in [-0.4, -0.2) is 43.2 Å². The first kappa shape index (κ1) is 27.8. The van der Waals surface area contributed by atoms with E-state index in [-0.39, 0.29) is 42.4 Å². The van der Waals surface area contributed by atoms with Crippen molar-refractivity contribution >= 4 is 30.1 Å². The summed E-state index contributed by atoms with van der Waals surface area (Å²) in [6, 6.07) is 11.7. The van der Waals surface area contributed by atoms with Crippen LogP contribution in [0.4, 0.5) is 10.1 Å². The molecular weight excluding hydrogens is 494 g/mol. The molecule has 3 aliphatic heterocycles. The molecule has 39 heavy (non-hydrogen) atoms. The van der Waals surface area contributed by atoms with Gasteiger partial charge < -0.3 is 14.2 Å². The molecule has 0 aromatic heterocycles. The molecular formula is C31H40BFN2O4. The number of halogens is 1. The zero-order chi connectivity index (χ0) is 27.9. The fourth-order valence-corrected chi connectivity index (χ4v) is 5.97. The molecule has 1 unspecified atom stereocenters. The summed E-state index contributed by atoms with van der Waals surface area (Å²) >= 11 is 0. The normalized spacial score (nSPS) is 23.3. The lowest BCUT2D eigenvalue weighted by atomic mass is 9.75. The Kier molecular flexibility index (Phi) is 7.64. The van der Waals surface area contributed by atoms with Crippen LogP contribution in [0.3, 0.4) is 0 Å². The molecule has 1 atom stereocenters. The molecule has 3 heterocycles. The second kappa shape index (κ2) is 10.7. The highest BCUT2D eigenvalue weighted by atomic mass is 19.1. The number of imide groups is 1. The van der Waals surface area contributed by atoms with Crippen LogP contribution in [-0.2, 0) is 25.3 Å². The van der Waals surface area contributed by atoms with Crippen LogP contribution in [0.1, 0.15) is 82.4 Å². The summed E-state index contributed by atoms with van der Waals surface area (Å²) in [6.07, 6.45) is 4.90. The number of benzene rings is 2. The van der Waals surface area contributed by atoms with E-state index < -0.39 is 5.92 Å². The van der Waals surface area contributed by atoms with Gasteiger partial charge in [0.1, 0.15) is 5.82 Å². The Bertz CT molecular complexity index is 1240. The summed E-state index contributed by atoms with van der Waals surface area (Å²) in [6.45, 7) is 12.1. The Labute approximate surface area is 231 Å². The lowest BCUT2D eigenvalue weighted by molar-refractivity contribution is -0.134. The van der Waals surface area contributed by atoms with Crippen molar-refractivity contribution in [3.63, 3.8) is 0 Å². The van der Waals surface area contributed by atoms with Gasteiger partial charge >= 0.3 is 7.12 Å². The van der Waals surface area contributed by atoms with Crippen molar-refractivity contribution in [1.29, 1.82) is 0 Å². The van der Waals surface area contributed by atoms with Gasteiger partial charge in [0, 0.05) is 19.5 Å². The van der Waals surface area contributed by atoms with Gasteiger partial charge in [0.15, 0.2) is 0 Å². The average Bonchev–Trinajstić information content (AvgIpc) is 3.09. The highest BCUT2D eigenvalue weighted by molar-refractivity contribution is 6.62. The van der Waals surface area contributed by atoms with Gasteiger partial charge in [-0.3, -0.25) is 14.9 Å². The van der Waals surface area contributed by atoms with E-state index in [9.17, 15) is 9.59 Å². The maximum Gasteiger partial charge on any atom is 0.495 e. The van der Waals surface area contributed by atoms with E-state index in [1.807, 2.05) is 6.07 Å². The van der Waals surface area contributed by atoms with Gasteiger partial charge in [0.2, 0.25) is 11.8 Å². The summed E-state index contributed by atoms with van der Waals surface area (Å²) < 4.78 is 27.6. The third kappa shape index (κ3) is 5.78. The predicted octanol–water partition coefficient (Wildman–Crippen LogP) is 4.80. The SMILES string of the molecule is Cc1cc(CCC2CCN(c3ccc(C4CCC(=O)NC4=O)cc3F)CC2)ccc1B1OC(C)(C)C(C)(C)O1. The van der Waals surface area contributed by atoms with Crippen LogP contribution in [0.25, 0.3) is 0 Å². The number of anilines is 1. The topological polar surface area (TPSA) is 67.9 Å². The number of amides is 2. The zero-order valence-corrected chi connectivity index (χ0v) is 23.8. The van der Waals surface area contributed by atoms with Crippen molar-refractivity contribution in [2.45, 2.75) is 90.3 Å². The maximum absolute atomic E-state index is 15.1. The first-order valence-corrected chi connectivity index (χ1v) is 14.3. The lowest BCUT2D eigenvalue weighted by Crippen LogP contribution is -2.41. The van der Waals surface area contributed by atoms with Crippen LogP contribution in [0, 0.1) is 18.7 Å². The largest absolute Gasteiger partial charge is 0.495 e. The number of nitrogens with one attached hydrogen (secondary N) is 1. The van der Waals surface area contributed by atoms with Gasteiger partial charge in [-0.2, -0.15) is 0 Å². The number of hydrogen-bond donors (Lipinski definition) is 1. The Balaban J connectivity index is 1.13. The Morgan fingerprint density at radius 3 is 2.31 bits per heavy atom. The molecule has 6 nitrogen and oxygen atoms in total. The van der Waals surface area contributed by atoms with Crippen molar-refractivity contribution in [3.8, 4) is 0 Å². The van der Waals surface area contributed by atoms with Gasteiger partial charge in [-0.05, 0) is 101 Å². The molecule has 3 fully saturated rings. The second-order valence-electron chi connectivity index (χ2n) is 12.5.